The Hall–Kier alpha value is -2.65. The molecule has 27 heavy (non-hydrogen) atoms. The maximum Gasteiger partial charge on any atom is 0.343 e. The second-order valence-corrected chi connectivity index (χ2v) is 6.17. The van der Waals surface area contributed by atoms with E-state index in [1.807, 2.05) is 13.8 Å². The number of imide groups is 2. The van der Waals surface area contributed by atoms with Crippen molar-refractivity contribution >= 4 is 23.5 Å². The molecule has 9 heteroatoms. The van der Waals surface area contributed by atoms with Crippen LogP contribution in [0, 0.1) is 0 Å². The second kappa shape index (κ2) is 8.36. The summed E-state index contributed by atoms with van der Waals surface area (Å²) < 4.78 is 16.3. The zero-order valence-electron chi connectivity index (χ0n) is 15.5. The SMILES string of the molecule is CCOc1ccc(N2C(=O)C(=O)N(C[NH+]3CCOCC3)C2=O)cc1OCC. The standard InChI is InChI=1S/C18H23N3O6/c1-3-26-14-6-5-13(11-15(14)27-4-2)21-17(23)16(22)20(18(21)24)12-19-7-9-25-10-8-19/h5-6,11H,3-4,7-10,12H2,1-2H3/p+1. The Morgan fingerprint density at radius 2 is 1.67 bits per heavy atom. The Kier molecular flexibility index (Phi) is 5.92. The molecule has 2 fully saturated rings. The average molecular weight is 378 g/mol. The number of morpholine rings is 1. The molecule has 0 bridgehead atoms. The van der Waals surface area contributed by atoms with Gasteiger partial charge in [-0.25, -0.2) is 14.6 Å². The van der Waals surface area contributed by atoms with Crippen LogP contribution in [0.25, 0.3) is 0 Å². The van der Waals surface area contributed by atoms with Crippen LogP contribution in [0.1, 0.15) is 13.8 Å². The highest BCUT2D eigenvalue weighted by molar-refractivity contribution is 6.52. The molecule has 4 amide bonds. The summed E-state index contributed by atoms with van der Waals surface area (Å²) in [5, 5.41) is 0. The third-order valence-corrected chi connectivity index (χ3v) is 4.42. The van der Waals surface area contributed by atoms with Crippen LogP contribution in [0.5, 0.6) is 11.5 Å². The third-order valence-electron chi connectivity index (χ3n) is 4.42. The summed E-state index contributed by atoms with van der Waals surface area (Å²) in [5.41, 5.74) is 0.282. The number of quaternary nitrogens is 1. The van der Waals surface area contributed by atoms with E-state index < -0.39 is 17.8 Å². The number of benzene rings is 1. The lowest BCUT2D eigenvalue weighted by atomic mass is 10.2. The molecule has 2 aliphatic heterocycles. The van der Waals surface area contributed by atoms with Gasteiger partial charge in [0.2, 0.25) is 0 Å². The number of urea groups is 1. The Bertz CT molecular complexity index is 732. The van der Waals surface area contributed by atoms with E-state index in [0.29, 0.717) is 51.0 Å². The van der Waals surface area contributed by atoms with Gasteiger partial charge in [0, 0.05) is 6.07 Å². The minimum absolute atomic E-state index is 0.151. The highest BCUT2D eigenvalue weighted by Crippen LogP contribution is 2.33. The molecular formula is C18H24N3O6+. The van der Waals surface area contributed by atoms with Crippen molar-refractivity contribution in [2.75, 3.05) is 51.1 Å². The van der Waals surface area contributed by atoms with Crippen molar-refractivity contribution in [2.45, 2.75) is 13.8 Å². The molecule has 2 saturated heterocycles. The second-order valence-electron chi connectivity index (χ2n) is 6.17. The van der Waals surface area contributed by atoms with E-state index in [0.717, 1.165) is 14.7 Å². The van der Waals surface area contributed by atoms with Gasteiger partial charge >= 0.3 is 17.8 Å². The first-order valence-electron chi connectivity index (χ1n) is 9.07. The number of hydrogen-bond acceptors (Lipinski definition) is 6. The van der Waals surface area contributed by atoms with Crippen LogP contribution < -0.4 is 19.3 Å². The zero-order chi connectivity index (χ0) is 19.4. The molecule has 0 radical (unpaired) electrons. The molecule has 146 valence electrons. The first-order chi connectivity index (χ1) is 13.1. The molecule has 0 atom stereocenters. The lowest BCUT2D eigenvalue weighted by molar-refractivity contribution is -0.915. The summed E-state index contributed by atoms with van der Waals surface area (Å²) in [7, 11) is 0. The maximum absolute atomic E-state index is 12.8. The smallest absolute Gasteiger partial charge is 0.343 e. The summed E-state index contributed by atoms with van der Waals surface area (Å²) >= 11 is 0. The molecule has 1 N–H and O–H groups in total. The van der Waals surface area contributed by atoms with Crippen molar-refractivity contribution in [1.29, 1.82) is 0 Å². The van der Waals surface area contributed by atoms with Gasteiger partial charge in [-0.2, -0.15) is 0 Å². The minimum Gasteiger partial charge on any atom is -0.490 e. The Balaban J connectivity index is 1.83. The van der Waals surface area contributed by atoms with Gasteiger partial charge in [-0.3, -0.25) is 9.59 Å². The van der Waals surface area contributed by atoms with Crippen molar-refractivity contribution in [3.8, 4) is 11.5 Å². The van der Waals surface area contributed by atoms with Gasteiger partial charge in [0.25, 0.3) is 0 Å². The molecule has 2 aliphatic rings. The summed E-state index contributed by atoms with van der Waals surface area (Å²) in [4.78, 5) is 40.5. The number of rotatable bonds is 7. The fraction of sp³-hybridized carbons (Fsp3) is 0.500. The fourth-order valence-electron chi connectivity index (χ4n) is 3.09. The number of nitrogens with one attached hydrogen (secondary N) is 1. The van der Waals surface area contributed by atoms with Gasteiger partial charge in [0.05, 0.1) is 32.1 Å². The van der Waals surface area contributed by atoms with Crippen molar-refractivity contribution in [1.82, 2.24) is 4.90 Å². The third kappa shape index (κ3) is 3.88. The van der Waals surface area contributed by atoms with Gasteiger partial charge in [-0.1, -0.05) is 0 Å². The van der Waals surface area contributed by atoms with Crippen LogP contribution >= 0.6 is 0 Å². The molecule has 1 aromatic rings. The van der Waals surface area contributed by atoms with E-state index in [1.165, 1.54) is 0 Å². The van der Waals surface area contributed by atoms with Crippen molar-refractivity contribution in [3.05, 3.63) is 18.2 Å². The normalized spacial score (nSPS) is 18.4. The van der Waals surface area contributed by atoms with Crippen LogP contribution in [0.4, 0.5) is 10.5 Å². The molecular weight excluding hydrogens is 354 g/mol. The molecule has 1 aromatic carbocycles. The number of carbonyl (C=O) groups is 3. The van der Waals surface area contributed by atoms with E-state index >= 15 is 0 Å². The quantitative estimate of drug-likeness (QED) is 0.515. The largest absolute Gasteiger partial charge is 0.490 e. The summed E-state index contributed by atoms with van der Waals surface area (Å²) in [6, 6.07) is 4.10. The number of hydrogen-bond donors (Lipinski definition) is 1. The van der Waals surface area contributed by atoms with Crippen molar-refractivity contribution in [2.24, 2.45) is 0 Å². The molecule has 0 spiro atoms. The average Bonchev–Trinajstić information content (AvgIpc) is 2.88. The van der Waals surface area contributed by atoms with Crippen molar-refractivity contribution < 1.29 is 33.5 Å². The molecule has 0 aliphatic carbocycles. The number of carbonyl (C=O) groups excluding carboxylic acids is 3. The summed E-state index contributed by atoms with van der Waals surface area (Å²) in [6.07, 6.45) is 0. The van der Waals surface area contributed by atoms with E-state index in [2.05, 4.69) is 0 Å². The Labute approximate surface area is 157 Å². The molecule has 0 saturated carbocycles. The number of amides is 4. The molecule has 9 nitrogen and oxygen atoms in total. The monoisotopic (exact) mass is 378 g/mol. The van der Waals surface area contributed by atoms with Gasteiger partial charge in [-0.15, -0.1) is 0 Å². The van der Waals surface area contributed by atoms with Gasteiger partial charge in [0.15, 0.2) is 18.2 Å². The van der Waals surface area contributed by atoms with Gasteiger partial charge in [-0.05, 0) is 26.0 Å². The number of ether oxygens (including phenoxy) is 3. The highest BCUT2D eigenvalue weighted by Gasteiger charge is 2.47. The highest BCUT2D eigenvalue weighted by atomic mass is 16.5. The lowest BCUT2D eigenvalue weighted by Crippen LogP contribution is -3.15. The van der Waals surface area contributed by atoms with Crippen molar-refractivity contribution in [3.63, 3.8) is 0 Å². The topological polar surface area (TPSA) is 89.8 Å². The van der Waals surface area contributed by atoms with Crippen LogP contribution in [0.3, 0.4) is 0 Å². The number of anilines is 1. The van der Waals surface area contributed by atoms with Crippen LogP contribution in [-0.2, 0) is 14.3 Å². The first kappa shape index (κ1) is 19.1. The first-order valence-corrected chi connectivity index (χ1v) is 9.07. The molecule has 3 rings (SSSR count). The fourth-order valence-corrected chi connectivity index (χ4v) is 3.09. The van der Waals surface area contributed by atoms with E-state index in [4.69, 9.17) is 14.2 Å². The lowest BCUT2D eigenvalue weighted by Gasteiger charge is -2.26. The Morgan fingerprint density at radius 3 is 2.33 bits per heavy atom. The summed E-state index contributed by atoms with van der Waals surface area (Å²) in [6.45, 7) is 7.18. The van der Waals surface area contributed by atoms with Crippen LogP contribution in [0.2, 0.25) is 0 Å². The van der Waals surface area contributed by atoms with Crippen LogP contribution in [-0.4, -0.2) is 68.9 Å². The molecule has 0 unspecified atom stereocenters. The Morgan fingerprint density at radius 1 is 1.00 bits per heavy atom. The van der Waals surface area contributed by atoms with E-state index in [1.54, 1.807) is 18.2 Å². The maximum atomic E-state index is 12.8. The molecule has 0 aromatic heterocycles. The van der Waals surface area contributed by atoms with Crippen LogP contribution in [0.15, 0.2) is 18.2 Å². The van der Waals surface area contributed by atoms with E-state index in [-0.39, 0.29) is 12.4 Å². The summed E-state index contributed by atoms with van der Waals surface area (Å²) in [5.74, 6) is -0.740. The predicted octanol–water partition coefficient (Wildman–Crippen LogP) is -0.348. The predicted molar refractivity (Wildman–Crippen MR) is 94.9 cm³/mol. The van der Waals surface area contributed by atoms with Gasteiger partial charge in [0.1, 0.15) is 13.1 Å². The zero-order valence-corrected chi connectivity index (χ0v) is 15.5. The van der Waals surface area contributed by atoms with E-state index in [9.17, 15) is 14.4 Å². The minimum atomic E-state index is -0.862. The van der Waals surface area contributed by atoms with Gasteiger partial charge < -0.3 is 19.1 Å². The molecule has 2 heterocycles. The number of nitrogens with zero attached hydrogens (tertiary/aromatic N) is 2.